The lowest BCUT2D eigenvalue weighted by Crippen LogP contribution is -2.19. The van der Waals surface area contributed by atoms with E-state index in [1.807, 2.05) is 67.6 Å². The number of para-hydroxylation sites is 2. The monoisotopic (exact) mass is 405 g/mol. The van der Waals surface area contributed by atoms with Gasteiger partial charge in [0.2, 0.25) is 0 Å². The molecule has 0 atom stereocenters. The molecule has 0 aliphatic rings. The van der Waals surface area contributed by atoms with Gasteiger partial charge in [0.1, 0.15) is 5.75 Å². The summed E-state index contributed by atoms with van der Waals surface area (Å²) in [4.78, 5) is 15.7. The second kappa shape index (κ2) is 8.29. The summed E-state index contributed by atoms with van der Waals surface area (Å²) in [7, 11) is 0. The molecule has 0 unspecified atom stereocenters. The Morgan fingerprint density at radius 2 is 1.79 bits per heavy atom. The molecule has 0 fully saturated rings. The molecule has 1 aromatic heterocycles. The fraction of sp³-hybridized carbons (Fsp3) is 0.0870. The van der Waals surface area contributed by atoms with Gasteiger partial charge in [-0.25, -0.2) is 4.79 Å². The SMILES string of the molecule is CCOc1ccccc1NC(=O)Nc1ccc(-c2cc3cc(Cl)ccc3[nH]2)cc1. The molecule has 3 N–H and O–H groups in total. The minimum absolute atomic E-state index is 0.329. The zero-order valence-electron chi connectivity index (χ0n) is 15.8. The fourth-order valence-electron chi connectivity index (χ4n) is 3.13. The molecule has 6 heteroatoms. The van der Waals surface area contributed by atoms with Gasteiger partial charge in [-0.1, -0.05) is 35.9 Å². The third-order valence-electron chi connectivity index (χ3n) is 4.47. The summed E-state index contributed by atoms with van der Waals surface area (Å²) in [5, 5.41) is 7.42. The van der Waals surface area contributed by atoms with Gasteiger partial charge in [0.05, 0.1) is 12.3 Å². The number of hydrogen-bond acceptors (Lipinski definition) is 2. The van der Waals surface area contributed by atoms with Crippen molar-refractivity contribution < 1.29 is 9.53 Å². The minimum Gasteiger partial charge on any atom is -0.492 e. The Balaban J connectivity index is 1.46. The van der Waals surface area contributed by atoms with Gasteiger partial charge >= 0.3 is 6.03 Å². The summed E-state index contributed by atoms with van der Waals surface area (Å²) in [5.41, 5.74) is 4.35. The Morgan fingerprint density at radius 3 is 2.59 bits per heavy atom. The molecule has 1 heterocycles. The predicted molar refractivity (Wildman–Crippen MR) is 119 cm³/mol. The van der Waals surface area contributed by atoms with Gasteiger partial charge in [-0.3, -0.25) is 0 Å². The maximum Gasteiger partial charge on any atom is 0.323 e. The Bertz CT molecular complexity index is 1150. The second-order valence-corrected chi connectivity index (χ2v) is 6.94. The molecule has 4 aromatic rings. The van der Waals surface area contributed by atoms with E-state index in [0.29, 0.717) is 28.8 Å². The van der Waals surface area contributed by atoms with Gasteiger partial charge in [-0.2, -0.15) is 0 Å². The molecule has 0 radical (unpaired) electrons. The van der Waals surface area contributed by atoms with Crippen LogP contribution in [0.15, 0.2) is 72.8 Å². The first-order valence-electron chi connectivity index (χ1n) is 9.31. The molecule has 0 saturated heterocycles. The lowest BCUT2D eigenvalue weighted by Gasteiger charge is -2.12. The Kier molecular flexibility index (Phi) is 5.40. The molecule has 0 spiro atoms. The zero-order valence-corrected chi connectivity index (χ0v) is 16.6. The molecule has 2 amide bonds. The third-order valence-corrected chi connectivity index (χ3v) is 4.71. The quantitative estimate of drug-likeness (QED) is 0.353. The lowest BCUT2D eigenvalue weighted by atomic mass is 10.1. The Morgan fingerprint density at radius 1 is 1.00 bits per heavy atom. The number of amides is 2. The topological polar surface area (TPSA) is 66.2 Å². The van der Waals surface area contributed by atoms with Crippen LogP contribution in [0.25, 0.3) is 22.2 Å². The van der Waals surface area contributed by atoms with Crippen molar-refractivity contribution in [3.05, 3.63) is 77.8 Å². The van der Waals surface area contributed by atoms with Gasteiger partial charge in [-0.15, -0.1) is 0 Å². The largest absolute Gasteiger partial charge is 0.492 e. The molecular weight excluding hydrogens is 386 g/mol. The number of carbonyl (C=O) groups excluding carboxylic acids is 1. The van der Waals surface area contributed by atoms with E-state index in [-0.39, 0.29) is 6.03 Å². The van der Waals surface area contributed by atoms with Gasteiger partial charge in [0.25, 0.3) is 0 Å². The van der Waals surface area contributed by atoms with Crippen molar-refractivity contribution in [3.63, 3.8) is 0 Å². The van der Waals surface area contributed by atoms with Crippen LogP contribution in [0.4, 0.5) is 16.2 Å². The normalized spacial score (nSPS) is 10.7. The van der Waals surface area contributed by atoms with Crippen LogP contribution >= 0.6 is 11.6 Å². The number of urea groups is 1. The van der Waals surface area contributed by atoms with Gasteiger partial charge in [-0.05, 0) is 61.0 Å². The number of fused-ring (bicyclic) bond motifs is 1. The molecule has 0 bridgehead atoms. The van der Waals surface area contributed by atoms with E-state index in [0.717, 1.165) is 22.2 Å². The first-order chi connectivity index (χ1) is 14.1. The van der Waals surface area contributed by atoms with Crippen molar-refractivity contribution in [2.24, 2.45) is 0 Å². The lowest BCUT2D eigenvalue weighted by molar-refractivity contribution is 0.262. The van der Waals surface area contributed by atoms with E-state index in [9.17, 15) is 4.79 Å². The molecule has 0 aliphatic heterocycles. The van der Waals surface area contributed by atoms with Crippen molar-refractivity contribution in [1.29, 1.82) is 0 Å². The molecule has 29 heavy (non-hydrogen) atoms. The average Bonchev–Trinajstić information content (AvgIpc) is 3.13. The number of H-pyrrole nitrogens is 1. The van der Waals surface area contributed by atoms with E-state index in [1.54, 1.807) is 6.07 Å². The van der Waals surface area contributed by atoms with Gasteiger partial charge in [0, 0.05) is 27.3 Å². The second-order valence-electron chi connectivity index (χ2n) is 6.50. The third kappa shape index (κ3) is 4.36. The molecule has 5 nitrogen and oxygen atoms in total. The van der Waals surface area contributed by atoms with Crippen molar-refractivity contribution in [2.75, 3.05) is 17.2 Å². The van der Waals surface area contributed by atoms with Crippen LogP contribution < -0.4 is 15.4 Å². The van der Waals surface area contributed by atoms with Crippen LogP contribution in [0.5, 0.6) is 5.75 Å². The summed E-state index contributed by atoms with van der Waals surface area (Å²) < 4.78 is 5.53. The Hall–Kier alpha value is -3.44. The molecule has 3 aromatic carbocycles. The number of halogens is 1. The van der Waals surface area contributed by atoms with Gasteiger partial charge in [0.15, 0.2) is 0 Å². The molecular formula is C23H20ClN3O2. The first kappa shape index (κ1) is 18.9. The first-order valence-corrected chi connectivity index (χ1v) is 9.69. The van der Waals surface area contributed by atoms with E-state index < -0.39 is 0 Å². The highest BCUT2D eigenvalue weighted by Crippen LogP contribution is 2.27. The van der Waals surface area contributed by atoms with Crippen molar-refractivity contribution >= 4 is 39.9 Å². The highest BCUT2D eigenvalue weighted by atomic mass is 35.5. The molecule has 0 saturated carbocycles. The van der Waals surface area contributed by atoms with Crippen molar-refractivity contribution in [1.82, 2.24) is 4.98 Å². The van der Waals surface area contributed by atoms with Crippen LogP contribution in [-0.4, -0.2) is 17.6 Å². The van der Waals surface area contributed by atoms with E-state index >= 15 is 0 Å². The predicted octanol–water partition coefficient (Wildman–Crippen LogP) is 6.53. The summed E-state index contributed by atoms with van der Waals surface area (Å²) >= 11 is 6.06. The van der Waals surface area contributed by atoms with Crippen LogP contribution in [0.3, 0.4) is 0 Å². The average molecular weight is 406 g/mol. The summed E-state index contributed by atoms with van der Waals surface area (Å²) in [5.74, 6) is 0.638. The highest BCUT2D eigenvalue weighted by molar-refractivity contribution is 6.31. The van der Waals surface area contributed by atoms with Gasteiger partial charge < -0.3 is 20.4 Å². The summed E-state index contributed by atoms with van der Waals surface area (Å²) in [6.07, 6.45) is 0. The van der Waals surface area contributed by atoms with Crippen LogP contribution in [0.1, 0.15) is 6.92 Å². The standard InChI is InChI=1S/C23H20ClN3O2/c1-2-29-22-6-4-3-5-20(22)27-23(28)25-18-10-7-15(8-11-18)21-14-16-13-17(24)9-12-19(16)26-21/h3-14,26H,2H2,1H3,(H2,25,27,28). The zero-order chi connectivity index (χ0) is 20.2. The number of ether oxygens (including phenoxy) is 1. The molecule has 0 aliphatic carbocycles. The number of benzene rings is 3. The van der Waals surface area contributed by atoms with Crippen molar-refractivity contribution in [3.8, 4) is 17.0 Å². The van der Waals surface area contributed by atoms with E-state index in [1.165, 1.54) is 0 Å². The summed E-state index contributed by atoms with van der Waals surface area (Å²) in [6.45, 7) is 2.43. The minimum atomic E-state index is -0.329. The van der Waals surface area contributed by atoms with E-state index in [4.69, 9.17) is 16.3 Å². The Labute approximate surface area is 173 Å². The summed E-state index contributed by atoms with van der Waals surface area (Å²) in [6, 6.07) is 22.4. The number of nitrogens with one attached hydrogen (secondary N) is 3. The van der Waals surface area contributed by atoms with E-state index in [2.05, 4.69) is 21.7 Å². The number of rotatable bonds is 5. The maximum absolute atomic E-state index is 12.3. The maximum atomic E-state index is 12.3. The number of anilines is 2. The highest BCUT2D eigenvalue weighted by Gasteiger charge is 2.08. The number of aromatic nitrogens is 1. The fourth-order valence-corrected chi connectivity index (χ4v) is 3.31. The smallest absolute Gasteiger partial charge is 0.323 e. The van der Waals surface area contributed by atoms with Crippen LogP contribution in [0, 0.1) is 0 Å². The van der Waals surface area contributed by atoms with Crippen molar-refractivity contribution in [2.45, 2.75) is 6.92 Å². The molecule has 4 rings (SSSR count). The van der Waals surface area contributed by atoms with Crippen LogP contribution in [-0.2, 0) is 0 Å². The number of aromatic amines is 1. The van der Waals surface area contributed by atoms with Crippen LogP contribution in [0.2, 0.25) is 5.02 Å². The molecule has 146 valence electrons. The number of hydrogen-bond donors (Lipinski definition) is 3. The number of carbonyl (C=O) groups is 1.